The van der Waals surface area contributed by atoms with E-state index in [1.54, 1.807) is 30.3 Å². The van der Waals surface area contributed by atoms with Gasteiger partial charge in [0.1, 0.15) is 6.61 Å². The average molecular weight is 381 g/mol. The van der Waals surface area contributed by atoms with Gasteiger partial charge in [0.25, 0.3) is 0 Å². The highest BCUT2D eigenvalue weighted by Crippen LogP contribution is 2.24. The summed E-state index contributed by atoms with van der Waals surface area (Å²) >= 11 is 0.953. The first-order chi connectivity index (χ1) is 12.5. The number of nitro groups is 1. The van der Waals surface area contributed by atoms with Crippen LogP contribution >= 0.6 is 11.3 Å². The van der Waals surface area contributed by atoms with E-state index in [0.717, 1.165) is 17.0 Å². The summed E-state index contributed by atoms with van der Waals surface area (Å²) < 4.78 is 5.04. The highest BCUT2D eigenvalue weighted by Gasteiger charge is 2.12. The predicted octanol–water partition coefficient (Wildman–Crippen LogP) is 2.20. The minimum atomic E-state index is -0.670. The number of aliphatic hydroxyl groups excluding tert-OH is 2. The summed E-state index contributed by atoms with van der Waals surface area (Å²) in [5.74, 6) is 0. The van der Waals surface area contributed by atoms with Gasteiger partial charge < -0.3 is 19.8 Å². The molecule has 0 aliphatic carbocycles. The third kappa shape index (κ3) is 5.69. The van der Waals surface area contributed by atoms with Crippen molar-refractivity contribution in [3.63, 3.8) is 0 Å². The second-order valence-electron chi connectivity index (χ2n) is 5.18. The molecule has 0 aliphatic heterocycles. The van der Waals surface area contributed by atoms with Crippen molar-refractivity contribution in [2.45, 2.75) is 6.61 Å². The number of ether oxygens (including phenoxy) is 1. The monoisotopic (exact) mass is 381 g/mol. The number of hydrogen-bond donors (Lipinski definition) is 3. The molecule has 26 heavy (non-hydrogen) atoms. The maximum Gasteiger partial charge on any atom is 0.411 e. The SMILES string of the molecule is O=C(Nc1ccc(N(CCO)CCO)cc1)OCc1ccc([N+](=O)[O-])s1. The van der Waals surface area contributed by atoms with Gasteiger partial charge >= 0.3 is 11.1 Å². The van der Waals surface area contributed by atoms with Crippen molar-refractivity contribution >= 4 is 33.8 Å². The van der Waals surface area contributed by atoms with Crippen molar-refractivity contribution in [1.82, 2.24) is 0 Å². The molecule has 1 amide bonds. The second-order valence-corrected chi connectivity index (χ2v) is 6.33. The van der Waals surface area contributed by atoms with Gasteiger partial charge in [-0.1, -0.05) is 11.3 Å². The Labute approximate surface area is 153 Å². The van der Waals surface area contributed by atoms with Gasteiger partial charge in [-0.15, -0.1) is 0 Å². The minimum Gasteiger partial charge on any atom is -0.444 e. The van der Waals surface area contributed by atoms with Gasteiger partial charge in [-0.3, -0.25) is 15.4 Å². The molecule has 1 aromatic carbocycles. The zero-order valence-corrected chi connectivity index (χ0v) is 14.6. The Balaban J connectivity index is 1.87. The van der Waals surface area contributed by atoms with Gasteiger partial charge in [0.15, 0.2) is 0 Å². The molecule has 0 atom stereocenters. The number of anilines is 2. The Kier molecular flexibility index (Phi) is 7.33. The Morgan fingerprint density at radius 3 is 2.35 bits per heavy atom. The summed E-state index contributed by atoms with van der Waals surface area (Å²) in [5, 5.41) is 31.3. The summed E-state index contributed by atoms with van der Waals surface area (Å²) in [6.45, 7) is 0.661. The lowest BCUT2D eigenvalue weighted by Gasteiger charge is -2.23. The summed E-state index contributed by atoms with van der Waals surface area (Å²) in [6, 6.07) is 9.77. The summed E-state index contributed by atoms with van der Waals surface area (Å²) in [5.41, 5.74) is 1.32. The third-order valence-corrected chi connectivity index (χ3v) is 4.40. The summed E-state index contributed by atoms with van der Waals surface area (Å²) in [4.78, 5) is 24.3. The Hall–Kier alpha value is -2.69. The molecule has 3 N–H and O–H groups in total. The maximum absolute atomic E-state index is 11.8. The first kappa shape index (κ1) is 19.6. The lowest BCUT2D eigenvalue weighted by molar-refractivity contribution is -0.380. The molecule has 0 spiro atoms. The van der Waals surface area contributed by atoms with Crippen molar-refractivity contribution in [3.8, 4) is 0 Å². The van der Waals surface area contributed by atoms with E-state index < -0.39 is 11.0 Å². The van der Waals surface area contributed by atoms with Crippen molar-refractivity contribution in [3.05, 3.63) is 51.4 Å². The van der Waals surface area contributed by atoms with Crippen molar-refractivity contribution in [1.29, 1.82) is 0 Å². The molecule has 0 fully saturated rings. The standard InChI is InChI=1S/C16H19N3O6S/c20-9-7-18(8-10-21)13-3-1-12(2-4-13)17-16(22)25-11-14-5-6-15(26-14)19(23)24/h1-6,20-21H,7-11H2,(H,17,22). The van der Waals surface area contributed by atoms with Crippen LogP contribution in [0.5, 0.6) is 0 Å². The number of hydrogen-bond acceptors (Lipinski definition) is 8. The van der Waals surface area contributed by atoms with Crippen molar-refractivity contribution in [2.75, 3.05) is 36.5 Å². The summed E-state index contributed by atoms with van der Waals surface area (Å²) in [7, 11) is 0. The molecule has 1 aromatic heterocycles. The van der Waals surface area contributed by atoms with Crippen molar-refractivity contribution in [2.24, 2.45) is 0 Å². The van der Waals surface area contributed by atoms with Crippen LogP contribution in [0.3, 0.4) is 0 Å². The van der Waals surface area contributed by atoms with E-state index in [2.05, 4.69) is 5.32 Å². The van der Waals surface area contributed by atoms with E-state index in [-0.39, 0.29) is 24.8 Å². The molecule has 0 unspecified atom stereocenters. The molecule has 9 nitrogen and oxygen atoms in total. The number of benzene rings is 1. The molecular weight excluding hydrogens is 362 g/mol. The lowest BCUT2D eigenvalue weighted by Crippen LogP contribution is -2.29. The predicted molar refractivity (Wildman–Crippen MR) is 97.6 cm³/mol. The molecular formula is C16H19N3O6S. The van der Waals surface area contributed by atoms with Crippen LogP contribution in [-0.2, 0) is 11.3 Å². The molecule has 0 radical (unpaired) electrons. The lowest BCUT2D eigenvalue weighted by atomic mass is 10.2. The highest BCUT2D eigenvalue weighted by atomic mass is 32.1. The molecule has 2 aromatic rings. The van der Waals surface area contributed by atoms with Crippen LogP contribution in [0.2, 0.25) is 0 Å². The van der Waals surface area contributed by atoms with Gasteiger partial charge in [0.2, 0.25) is 0 Å². The fraction of sp³-hybridized carbons (Fsp3) is 0.312. The third-order valence-electron chi connectivity index (χ3n) is 3.39. The molecule has 0 aliphatic rings. The van der Waals surface area contributed by atoms with Gasteiger partial charge in [-0.2, -0.15) is 0 Å². The van der Waals surface area contributed by atoms with Gasteiger partial charge in [0, 0.05) is 35.4 Å². The summed E-state index contributed by atoms with van der Waals surface area (Å²) in [6.07, 6.45) is -0.670. The molecule has 2 rings (SSSR count). The zero-order valence-electron chi connectivity index (χ0n) is 13.8. The number of carbonyl (C=O) groups excluding carboxylic acids is 1. The van der Waals surface area contributed by atoms with Crippen LogP contribution in [0.4, 0.5) is 21.2 Å². The van der Waals surface area contributed by atoms with Crippen LogP contribution in [0.1, 0.15) is 4.88 Å². The highest BCUT2D eigenvalue weighted by molar-refractivity contribution is 7.15. The van der Waals surface area contributed by atoms with Crippen LogP contribution in [0.15, 0.2) is 36.4 Å². The topological polar surface area (TPSA) is 125 Å². The zero-order chi connectivity index (χ0) is 18.9. The van der Waals surface area contributed by atoms with E-state index in [9.17, 15) is 14.9 Å². The number of aliphatic hydroxyl groups is 2. The molecule has 0 bridgehead atoms. The number of nitrogens with one attached hydrogen (secondary N) is 1. The van der Waals surface area contributed by atoms with Gasteiger partial charge in [-0.25, -0.2) is 4.79 Å². The fourth-order valence-electron chi connectivity index (χ4n) is 2.20. The quantitative estimate of drug-likeness (QED) is 0.449. The molecule has 1 heterocycles. The smallest absolute Gasteiger partial charge is 0.411 e. The Morgan fingerprint density at radius 1 is 1.15 bits per heavy atom. The van der Waals surface area contributed by atoms with Crippen LogP contribution in [0, 0.1) is 10.1 Å². The number of nitrogens with zero attached hydrogens (tertiary/aromatic N) is 2. The molecule has 10 heteroatoms. The molecule has 0 saturated carbocycles. The van der Waals surface area contributed by atoms with E-state index >= 15 is 0 Å². The molecule has 140 valence electrons. The van der Waals surface area contributed by atoms with Crippen LogP contribution in [0.25, 0.3) is 0 Å². The molecule has 0 saturated heterocycles. The number of rotatable bonds is 9. The fourth-order valence-corrected chi connectivity index (χ4v) is 2.93. The first-order valence-electron chi connectivity index (χ1n) is 7.77. The largest absolute Gasteiger partial charge is 0.444 e. The Bertz CT molecular complexity index is 728. The van der Waals surface area contributed by atoms with Crippen LogP contribution < -0.4 is 10.2 Å². The van der Waals surface area contributed by atoms with E-state index in [0.29, 0.717) is 23.7 Å². The number of thiophene rings is 1. The first-order valence-corrected chi connectivity index (χ1v) is 8.58. The van der Waals surface area contributed by atoms with Crippen molar-refractivity contribution < 1.29 is 24.7 Å². The normalized spacial score (nSPS) is 10.4. The number of carbonyl (C=O) groups is 1. The Morgan fingerprint density at radius 2 is 1.81 bits per heavy atom. The van der Waals surface area contributed by atoms with Gasteiger partial charge in [-0.05, 0) is 30.3 Å². The maximum atomic E-state index is 11.8. The second kappa shape index (κ2) is 9.70. The number of amides is 1. The average Bonchev–Trinajstić information content (AvgIpc) is 3.10. The van der Waals surface area contributed by atoms with Gasteiger partial charge in [0.05, 0.1) is 18.1 Å². The van der Waals surface area contributed by atoms with Crippen LogP contribution in [-0.4, -0.2) is 47.5 Å². The van der Waals surface area contributed by atoms with E-state index in [4.69, 9.17) is 14.9 Å². The van der Waals surface area contributed by atoms with E-state index in [1.165, 1.54) is 6.07 Å². The van der Waals surface area contributed by atoms with E-state index in [1.807, 2.05) is 4.90 Å². The minimum absolute atomic E-state index is 0.00471.